The van der Waals surface area contributed by atoms with Gasteiger partial charge in [0, 0.05) is 12.9 Å². The zero-order valence-electron chi connectivity index (χ0n) is 11.8. The largest absolute Gasteiger partial charge is 0.367 e. The molecule has 0 radical (unpaired) electrons. The van der Waals surface area contributed by atoms with Crippen LogP contribution in [0.5, 0.6) is 0 Å². The molecule has 2 rings (SSSR count). The van der Waals surface area contributed by atoms with E-state index in [1.807, 2.05) is 6.92 Å². The fourth-order valence-electron chi connectivity index (χ4n) is 2.18. The first kappa shape index (κ1) is 15.4. The summed E-state index contributed by atoms with van der Waals surface area (Å²) in [4.78, 5) is 4.28. The van der Waals surface area contributed by atoms with Gasteiger partial charge in [0.1, 0.15) is 15.4 Å². The Hall–Kier alpha value is -0.990. The molecule has 1 aromatic heterocycles. The van der Waals surface area contributed by atoms with Gasteiger partial charge in [-0.2, -0.15) is 4.98 Å². The normalized spacial score (nSPS) is 25.6. The van der Waals surface area contributed by atoms with E-state index < -0.39 is 21.5 Å². The maximum Gasteiger partial charge on any atom is 0.243 e. The first-order valence-electron chi connectivity index (χ1n) is 6.71. The number of sulfone groups is 1. The molecule has 1 aliphatic rings. The van der Waals surface area contributed by atoms with Crippen molar-refractivity contribution < 1.29 is 17.7 Å². The molecule has 1 saturated heterocycles. The molecule has 114 valence electrons. The van der Waals surface area contributed by atoms with Crippen LogP contribution >= 0.6 is 0 Å². The van der Waals surface area contributed by atoms with Crippen LogP contribution in [0.4, 0.5) is 0 Å². The third kappa shape index (κ3) is 3.77. The van der Waals surface area contributed by atoms with E-state index in [0.717, 1.165) is 19.3 Å². The van der Waals surface area contributed by atoms with E-state index in [1.165, 1.54) is 6.26 Å². The number of nitrogens with zero attached hydrogens (tertiary/aromatic N) is 2. The summed E-state index contributed by atoms with van der Waals surface area (Å²) in [5, 5.41) is 3.94. The second kappa shape index (κ2) is 5.79. The Bertz CT molecular complexity index is 549. The molecule has 1 aliphatic heterocycles. The molecule has 2 heterocycles. The highest BCUT2D eigenvalue weighted by molar-refractivity contribution is 7.90. The zero-order chi connectivity index (χ0) is 14.8. The van der Waals surface area contributed by atoms with E-state index in [-0.39, 0.29) is 18.1 Å². The molecule has 8 heteroatoms. The van der Waals surface area contributed by atoms with Crippen LogP contribution in [0.3, 0.4) is 0 Å². The minimum absolute atomic E-state index is 0.000349. The van der Waals surface area contributed by atoms with Crippen molar-refractivity contribution in [1.29, 1.82) is 0 Å². The van der Waals surface area contributed by atoms with Gasteiger partial charge in [-0.15, -0.1) is 0 Å². The van der Waals surface area contributed by atoms with E-state index >= 15 is 0 Å². The standard InChI is InChI=1S/C12H21N3O4S/c1-12(6-3-4-7-18-12)11-14-10(19-15-11)9(13)5-8-20(2,16)17/h9H,3-8,13H2,1-2H3. The Kier molecular flexibility index (Phi) is 4.46. The molecule has 0 amide bonds. The highest BCUT2D eigenvalue weighted by atomic mass is 32.2. The smallest absolute Gasteiger partial charge is 0.243 e. The zero-order valence-corrected chi connectivity index (χ0v) is 12.6. The molecule has 7 nitrogen and oxygen atoms in total. The monoisotopic (exact) mass is 303 g/mol. The molecule has 2 N–H and O–H groups in total. The molecule has 2 unspecified atom stereocenters. The Morgan fingerprint density at radius 1 is 1.45 bits per heavy atom. The average molecular weight is 303 g/mol. The van der Waals surface area contributed by atoms with Crippen LogP contribution in [0.1, 0.15) is 50.4 Å². The number of hydrogen-bond acceptors (Lipinski definition) is 7. The number of ether oxygens (including phenoxy) is 1. The third-order valence-electron chi connectivity index (χ3n) is 3.50. The minimum atomic E-state index is -3.05. The highest BCUT2D eigenvalue weighted by Gasteiger charge is 2.35. The maximum atomic E-state index is 11.1. The Balaban J connectivity index is 2.04. The van der Waals surface area contributed by atoms with Crippen LogP contribution in [0.25, 0.3) is 0 Å². The van der Waals surface area contributed by atoms with Gasteiger partial charge in [0.2, 0.25) is 11.7 Å². The van der Waals surface area contributed by atoms with E-state index in [1.54, 1.807) is 0 Å². The molecular weight excluding hydrogens is 282 g/mol. The fourth-order valence-corrected chi connectivity index (χ4v) is 2.86. The Morgan fingerprint density at radius 3 is 2.80 bits per heavy atom. The van der Waals surface area contributed by atoms with Gasteiger partial charge in [0.25, 0.3) is 0 Å². The highest BCUT2D eigenvalue weighted by Crippen LogP contribution is 2.33. The second-order valence-electron chi connectivity index (χ2n) is 5.52. The SMILES string of the molecule is CC1(c2noc(C(N)CCS(C)(=O)=O)n2)CCCCO1. The summed E-state index contributed by atoms with van der Waals surface area (Å²) in [6.07, 6.45) is 4.37. The molecule has 0 saturated carbocycles. The van der Waals surface area contributed by atoms with E-state index in [2.05, 4.69) is 10.1 Å². The summed E-state index contributed by atoms with van der Waals surface area (Å²) in [5.74, 6) is 0.751. The van der Waals surface area contributed by atoms with Crippen molar-refractivity contribution >= 4 is 9.84 Å². The minimum Gasteiger partial charge on any atom is -0.367 e. The third-order valence-corrected chi connectivity index (χ3v) is 4.48. The van der Waals surface area contributed by atoms with E-state index in [0.29, 0.717) is 12.4 Å². The van der Waals surface area contributed by atoms with E-state index in [4.69, 9.17) is 15.0 Å². The lowest BCUT2D eigenvalue weighted by Crippen LogP contribution is -2.31. The van der Waals surface area contributed by atoms with Gasteiger partial charge in [0.05, 0.1) is 11.8 Å². The van der Waals surface area contributed by atoms with Crippen LogP contribution in [0.2, 0.25) is 0 Å². The van der Waals surface area contributed by atoms with Gasteiger partial charge in [0.15, 0.2) is 0 Å². The Morgan fingerprint density at radius 2 is 2.20 bits per heavy atom. The molecular formula is C12H21N3O4S. The molecule has 1 aromatic rings. The molecule has 0 bridgehead atoms. The number of nitrogens with two attached hydrogens (primary N) is 1. The lowest BCUT2D eigenvalue weighted by molar-refractivity contribution is -0.0770. The number of aromatic nitrogens is 2. The van der Waals surface area contributed by atoms with Gasteiger partial charge < -0.3 is 15.0 Å². The molecule has 0 spiro atoms. The van der Waals surface area contributed by atoms with Gasteiger partial charge >= 0.3 is 0 Å². The van der Waals surface area contributed by atoms with Crippen molar-refractivity contribution in [2.45, 2.75) is 44.2 Å². The summed E-state index contributed by atoms with van der Waals surface area (Å²) >= 11 is 0. The van der Waals surface area contributed by atoms with Crippen molar-refractivity contribution in [2.75, 3.05) is 18.6 Å². The number of hydrogen-bond donors (Lipinski definition) is 1. The first-order chi connectivity index (χ1) is 9.30. The summed E-state index contributed by atoms with van der Waals surface area (Å²) in [7, 11) is -3.05. The average Bonchev–Trinajstić information content (AvgIpc) is 2.86. The van der Waals surface area contributed by atoms with Crippen molar-refractivity contribution in [3.63, 3.8) is 0 Å². The fraction of sp³-hybridized carbons (Fsp3) is 0.833. The van der Waals surface area contributed by atoms with Crippen molar-refractivity contribution in [3.8, 4) is 0 Å². The molecule has 20 heavy (non-hydrogen) atoms. The van der Waals surface area contributed by atoms with E-state index in [9.17, 15) is 8.42 Å². The van der Waals surface area contributed by atoms with Gasteiger partial charge in [-0.05, 0) is 32.6 Å². The van der Waals surface area contributed by atoms with Crippen LogP contribution in [-0.2, 0) is 20.2 Å². The summed E-state index contributed by atoms with van der Waals surface area (Å²) in [6, 6.07) is -0.571. The summed E-state index contributed by atoms with van der Waals surface area (Å²) < 4.78 is 33.1. The maximum absolute atomic E-state index is 11.1. The van der Waals surface area contributed by atoms with Crippen LogP contribution in [0.15, 0.2) is 4.52 Å². The van der Waals surface area contributed by atoms with Crippen molar-refractivity contribution in [2.24, 2.45) is 5.73 Å². The molecule has 2 atom stereocenters. The lowest BCUT2D eigenvalue weighted by atomic mass is 9.95. The molecule has 1 fully saturated rings. The summed E-state index contributed by atoms with van der Waals surface area (Å²) in [6.45, 7) is 2.61. The first-order valence-corrected chi connectivity index (χ1v) is 8.77. The molecule has 0 aromatic carbocycles. The van der Waals surface area contributed by atoms with Gasteiger partial charge in [-0.1, -0.05) is 5.16 Å². The Labute approximate surface area is 118 Å². The van der Waals surface area contributed by atoms with Crippen molar-refractivity contribution in [3.05, 3.63) is 11.7 Å². The van der Waals surface area contributed by atoms with Gasteiger partial charge in [-0.25, -0.2) is 8.42 Å². The lowest BCUT2D eigenvalue weighted by Gasteiger charge is -2.30. The second-order valence-corrected chi connectivity index (χ2v) is 7.78. The molecule has 0 aliphatic carbocycles. The quantitative estimate of drug-likeness (QED) is 0.861. The summed E-state index contributed by atoms with van der Waals surface area (Å²) in [5.41, 5.74) is 5.36. The predicted octanol–water partition coefficient (Wildman–Crippen LogP) is 0.920. The van der Waals surface area contributed by atoms with Crippen molar-refractivity contribution in [1.82, 2.24) is 10.1 Å². The topological polar surface area (TPSA) is 108 Å². The predicted molar refractivity (Wildman–Crippen MR) is 72.7 cm³/mol. The van der Waals surface area contributed by atoms with Crippen LogP contribution in [0, 0.1) is 0 Å². The van der Waals surface area contributed by atoms with Crippen LogP contribution in [-0.4, -0.2) is 37.2 Å². The van der Waals surface area contributed by atoms with Crippen LogP contribution < -0.4 is 5.73 Å². The number of rotatable bonds is 5. The van der Waals surface area contributed by atoms with Gasteiger partial charge in [-0.3, -0.25) is 0 Å².